The Morgan fingerprint density at radius 2 is 1.52 bits per heavy atom. The lowest BCUT2D eigenvalue weighted by Gasteiger charge is -2.16. The summed E-state index contributed by atoms with van der Waals surface area (Å²) >= 11 is 0. The summed E-state index contributed by atoms with van der Waals surface area (Å²) in [4.78, 5) is 12.1. The fourth-order valence-electron chi connectivity index (χ4n) is 2.89. The molecular weight excluding hydrogens is 288 g/mol. The van der Waals surface area contributed by atoms with Crippen molar-refractivity contribution in [2.45, 2.75) is 44.6 Å². The van der Waals surface area contributed by atoms with E-state index < -0.39 is 0 Å². The Bertz CT molecular complexity index is 619. The van der Waals surface area contributed by atoms with Crippen molar-refractivity contribution in [3.63, 3.8) is 0 Å². The summed E-state index contributed by atoms with van der Waals surface area (Å²) in [5.74, 6) is 1.06. The fourth-order valence-corrected chi connectivity index (χ4v) is 2.89. The number of carbonyl (C=O) groups is 1. The van der Waals surface area contributed by atoms with Crippen molar-refractivity contribution in [1.29, 1.82) is 0 Å². The van der Waals surface area contributed by atoms with E-state index in [-0.39, 0.29) is 5.91 Å². The molecule has 1 aliphatic carbocycles. The van der Waals surface area contributed by atoms with Crippen molar-refractivity contribution in [1.82, 2.24) is 10.2 Å². The Morgan fingerprint density at radius 1 is 0.870 bits per heavy atom. The maximum Gasteiger partial charge on any atom is 0.256 e. The zero-order valence-corrected chi connectivity index (χ0v) is 13.2. The summed E-state index contributed by atoms with van der Waals surface area (Å²) in [6, 6.07) is 13.2. The number of rotatable bonds is 4. The van der Waals surface area contributed by atoms with Crippen LogP contribution in [-0.2, 0) is 0 Å². The molecule has 1 amide bonds. The number of amides is 1. The van der Waals surface area contributed by atoms with Crippen molar-refractivity contribution in [3.8, 4) is 0 Å². The second-order valence-electron chi connectivity index (χ2n) is 5.96. The van der Waals surface area contributed by atoms with E-state index in [1.807, 2.05) is 24.3 Å². The normalized spacial score (nSPS) is 15.7. The highest BCUT2D eigenvalue weighted by atomic mass is 16.1. The third-order valence-electron chi connectivity index (χ3n) is 4.15. The minimum Gasteiger partial charge on any atom is -0.366 e. The van der Waals surface area contributed by atoms with Crippen LogP contribution in [0.5, 0.6) is 0 Å². The number of anilines is 2. The van der Waals surface area contributed by atoms with E-state index in [1.54, 1.807) is 18.2 Å². The van der Waals surface area contributed by atoms with Crippen molar-refractivity contribution < 1.29 is 4.79 Å². The molecule has 2 N–H and O–H groups in total. The van der Waals surface area contributed by atoms with Crippen LogP contribution in [0.15, 0.2) is 42.5 Å². The minimum atomic E-state index is -0.177. The first-order valence-electron chi connectivity index (χ1n) is 8.28. The van der Waals surface area contributed by atoms with Crippen LogP contribution in [0.4, 0.5) is 11.6 Å². The van der Waals surface area contributed by atoms with Gasteiger partial charge in [0.15, 0.2) is 5.82 Å². The van der Waals surface area contributed by atoms with E-state index in [2.05, 4.69) is 20.8 Å². The van der Waals surface area contributed by atoms with Gasteiger partial charge in [0, 0.05) is 11.6 Å². The maximum atomic E-state index is 12.1. The molecule has 0 saturated heterocycles. The van der Waals surface area contributed by atoms with Gasteiger partial charge in [0.1, 0.15) is 5.82 Å². The van der Waals surface area contributed by atoms with Crippen molar-refractivity contribution in [2.24, 2.45) is 0 Å². The first-order chi connectivity index (χ1) is 11.3. The molecule has 120 valence electrons. The SMILES string of the molecule is O=C(Nc1ccc(NC2CCCCCC2)nn1)c1ccccc1. The van der Waals surface area contributed by atoms with Gasteiger partial charge in [0.25, 0.3) is 5.91 Å². The molecule has 1 saturated carbocycles. The van der Waals surface area contributed by atoms with Gasteiger partial charge in [0.05, 0.1) is 0 Å². The van der Waals surface area contributed by atoms with Crippen LogP contribution in [0, 0.1) is 0 Å². The lowest BCUT2D eigenvalue weighted by atomic mass is 10.1. The van der Waals surface area contributed by atoms with E-state index >= 15 is 0 Å². The van der Waals surface area contributed by atoms with E-state index in [0.717, 1.165) is 5.82 Å². The van der Waals surface area contributed by atoms with Gasteiger partial charge in [0.2, 0.25) is 0 Å². The van der Waals surface area contributed by atoms with Crippen LogP contribution in [-0.4, -0.2) is 22.1 Å². The number of hydrogen-bond donors (Lipinski definition) is 2. The topological polar surface area (TPSA) is 66.9 Å². The Morgan fingerprint density at radius 3 is 2.17 bits per heavy atom. The molecule has 0 unspecified atom stereocenters. The van der Waals surface area contributed by atoms with E-state index in [1.165, 1.54) is 38.5 Å². The van der Waals surface area contributed by atoms with Gasteiger partial charge >= 0.3 is 0 Å². The Labute approximate surface area is 136 Å². The standard InChI is InChI=1S/C18H22N4O/c23-18(14-8-4-3-5-9-14)20-17-13-12-16(21-22-17)19-15-10-6-1-2-7-11-15/h3-5,8-9,12-13,15H,1-2,6-7,10-11H2,(H,19,21)(H,20,22,23). The zero-order valence-electron chi connectivity index (χ0n) is 13.2. The molecular formula is C18H22N4O. The van der Waals surface area contributed by atoms with Gasteiger partial charge < -0.3 is 10.6 Å². The van der Waals surface area contributed by atoms with Crippen LogP contribution in [0.1, 0.15) is 48.9 Å². The van der Waals surface area contributed by atoms with Gasteiger partial charge in [-0.15, -0.1) is 10.2 Å². The molecule has 0 spiro atoms. The third-order valence-corrected chi connectivity index (χ3v) is 4.15. The average molecular weight is 310 g/mol. The summed E-state index contributed by atoms with van der Waals surface area (Å²) in [7, 11) is 0. The Balaban J connectivity index is 1.57. The number of nitrogens with zero attached hydrogens (tertiary/aromatic N) is 2. The first kappa shape index (κ1) is 15.5. The average Bonchev–Trinajstić information content (AvgIpc) is 2.86. The molecule has 23 heavy (non-hydrogen) atoms. The summed E-state index contributed by atoms with van der Waals surface area (Å²) in [6.45, 7) is 0. The maximum absolute atomic E-state index is 12.1. The number of nitrogens with one attached hydrogen (secondary N) is 2. The van der Waals surface area contributed by atoms with Gasteiger partial charge in [-0.3, -0.25) is 4.79 Å². The molecule has 1 aliphatic rings. The predicted molar refractivity (Wildman–Crippen MR) is 91.5 cm³/mol. The highest BCUT2D eigenvalue weighted by Crippen LogP contribution is 2.20. The number of aromatic nitrogens is 2. The van der Waals surface area contributed by atoms with Crippen LogP contribution in [0.3, 0.4) is 0 Å². The lowest BCUT2D eigenvalue weighted by Crippen LogP contribution is -2.19. The van der Waals surface area contributed by atoms with Gasteiger partial charge in [-0.1, -0.05) is 43.9 Å². The number of carbonyl (C=O) groups excluding carboxylic acids is 1. The molecule has 3 rings (SSSR count). The van der Waals surface area contributed by atoms with Crippen molar-refractivity contribution >= 4 is 17.5 Å². The molecule has 5 nitrogen and oxygen atoms in total. The largest absolute Gasteiger partial charge is 0.366 e. The highest BCUT2D eigenvalue weighted by molar-refractivity contribution is 6.03. The Kier molecular flexibility index (Phi) is 5.19. The smallest absolute Gasteiger partial charge is 0.256 e. The van der Waals surface area contributed by atoms with Crippen LogP contribution in [0.2, 0.25) is 0 Å². The molecule has 1 aromatic heterocycles. The molecule has 0 aliphatic heterocycles. The molecule has 2 aromatic rings. The molecule has 1 heterocycles. The van der Waals surface area contributed by atoms with Crippen LogP contribution in [0.25, 0.3) is 0 Å². The molecule has 5 heteroatoms. The fraction of sp³-hybridized carbons (Fsp3) is 0.389. The second-order valence-corrected chi connectivity index (χ2v) is 5.96. The summed E-state index contributed by atoms with van der Waals surface area (Å²) < 4.78 is 0. The summed E-state index contributed by atoms with van der Waals surface area (Å²) in [5.41, 5.74) is 0.606. The summed E-state index contributed by atoms with van der Waals surface area (Å²) in [5, 5.41) is 14.5. The molecule has 0 atom stereocenters. The summed E-state index contributed by atoms with van der Waals surface area (Å²) in [6.07, 6.45) is 7.58. The van der Waals surface area contributed by atoms with E-state index in [4.69, 9.17) is 0 Å². The van der Waals surface area contributed by atoms with Gasteiger partial charge in [-0.2, -0.15) is 0 Å². The van der Waals surface area contributed by atoms with Crippen LogP contribution < -0.4 is 10.6 Å². The van der Waals surface area contributed by atoms with E-state index in [9.17, 15) is 4.79 Å². The van der Waals surface area contributed by atoms with Gasteiger partial charge in [-0.25, -0.2) is 0 Å². The molecule has 1 aromatic carbocycles. The van der Waals surface area contributed by atoms with Crippen molar-refractivity contribution in [3.05, 3.63) is 48.0 Å². The quantitative estimate of drug-likeness (QED) is 0.841. The Hall–Kier alpha value is -2.43. The molecule has 0 radical (unpaired) electrons. The molecule has 0 bridgehead atoms. The second kappa shape index (κ2) is 7.72. The number of hydrogen-bond acceptors (Lipinski definition) is 4. The van der Waals surface area contributed by atoms with E-state index in [0.29, 0.717) is 17.4 Å². The zero-order chi connectivity index (χ0) is 15.9. The first-order valence-corrected chi connectivity index (χ1v) is 8.28. The van der Waals surface area contributed by atoms with Crippen molar-refractivity contribution in [2.75, 3.05) is 10.6 Å². The highest BCUT2D eigenvalue weighted by Gasteiger charge is 2.13. The minimum absolute atomic E-state index is 0.177. The molecule has 1 fully saturated rings. The van der Waals surface area contributed by atoms with Crippen LogP contribution >= 0.6 is 0 Å². The number of benzene rings is 1. The van der Waals surface area contributed by atoms with Gasteiger partial charge in [-0.05, 0) is 37.1 Å². The predicted octanol–water partition coefficient (Wildman–Crippen LogP) is 3.86. The lowest BCUT2D eigenvalue weighted by molar-refractivity contribution is 0.102. The monoisotopic (exact) mass is 310 g/mol. The third kappa shape index (κ3) is 4.52.